The molecule has 0 radical (unpaired) electrons. The second kappa shape index (κ2) is 10.2. The van der Waals surface area contributed by atoms with E-state index in [0.717, 1.165) is 22.4 Å². The third-order valence-corrected chi connectivity index (χ3v) is 5.06. The molecule has 2 rings (SSSR count). The Kier molecular flexibility index (Phi) is 7.92. The van der Waals surface area contributed by atoms with Crippen molar-refractivity contribution < 1.29 is 14.3 Å². The summed E-state index contributed by atoms with van der Waals surface area (Å²) in [6.45, 7) is 8.51. The van der Waals surface area contributed by atoms with Crippen LogP contribution in [0.4, 0.5) is 5.69 Å². The van der Waals surface area contributed by atoms with Crippen LogP contribution in [0, 0.1) is 13.8 Å². The summed E-state index contributed by atoms with van der Waals surface area (Å²) in [5.41, 5.74) is 5.21. The van der Waals surface area contributed by atoms with Crippen molar-refractivity contribution in [2.24, 2.45) is 0 Å². The number of carbonyl (C=O) groups is 2. The Bertz CT molecular complexity index is 785. The summed E-state index contributed by atoms with van der Waals surface area (Å²) in [6, 6.07) is 13.9. The Morgan fingerprint density at radius 3 is 2.37 bits per heavy atom. The van der Waals surface area contributed by atoms with E-state index in [2.05, 4.69) is 31.3 Å². The Labute approximate surface area is 165 Å². The van der Waals surface area contributed by atoms with Crippen molar-refractivity contribution in [2.45, 2.75) is 40.2 Å². The van der Waals surface area contributed by atoms with Gasteiger partial charge in [-0.3, -0.25) is 9.59 Å². The van der Waals surface area contributed by atoms with Crippen LogP contribution in [0.1, 0.15) is 42.0 Å². The number of rotatable bonds is 8. The zero-order valence-corrected chi connectivity index (χ0v) is 17.2. The topological polar surface area (TPSA) is 55.4 Å². The first kappa shape index (κ1) is 21.0. The van der Waals surface area contributed by atoms with Gasteiger partial charge in [0.2, 0.25) is 5.91 Å². The second-order valence-electron chi connectivity index (χ2n) is 6.92. The average molecular weight is 386 g/mol. The van der Waals surface area contributed by atoms with Crippen LogP contribution < -0.4 is 5.32 Å². The van der Waals surface area contributed by atoms with Crippen LogP contribution in [0.2, 0.25) is 0 Å². The molecule has 1 amide bonds. The molecule has 0 aliphatic heterocycles. The first-order chi connectivity index (χ1) is 12.8. The second-order valence-corrected chi connectivity index (χ2v) is 7.90. The predicted molar refractivity (Wildman–Crippen MR) is 112 cm³/mol. The summed E-state index contributed by atoms with van der Waals surface area (Å²) in [6.07, 6.45) is 0. The van der Waals surface area contributed by atoms with Crippen molar-refractivity contribution in [3.63, 3.8) is 0 Å². The van der Waals surface area contributed by atoms with E-state index in [0.29, 0.717) is 5.92 Å². The van der Waals surface area contributed by atoms with Crippen LogP contribution in [0.3, 0.4) is 0 Å². The molecule has 0 aromatic heterocycles. The van der Waals surface area contributed by atoms with Crippen LogP contribution in [0.15, 0.2) is 42.5 Å². The highest BCUT2D eigenvalue weighted by Crippen LogP contribution is 2.17. The van der Waals surface area contributed by atoms with E-state index in [1.165, 1.54) is 17.3 Å². The van der Waals surface area contributed by atoms with Crippen LogP contribution in [0.25, 0.3) is 0 Å². The van der Waals surface area contributed by atoms with Gasteiger partial charge in [0.1, 0.15) is 6.61 Å². The SMILES string of the molecule is Cc1ccc(NC(=O)CSCC(=O)OCc2ccc(C(C)C)cc2)c(C)c1. The van der Waals surface area contributed by atoms with E-state index in [9.17, 15) is 9.59 Å². The van der Waals surface area contributed by atoms with Crippen LogP contribution in [0.5, 0.6) is 0 Å². The zero-order chi connectivity index (χ0) is 19.8. The van der Waals surface area contributed by atoms with Crippen molar-refractivity contribution >= 4 is 29.3 Å². The highest BCUT2D eigenvalue weighted by molar-refractivity contribution is 8.00. The molecule has 0 aliphatic carbocycles. The minimum absolute atomic E-state index is 0.121. The molecule has 0 fully saturated rings. The highest BCUT2D eigenvalue weighted by Gasteiger charge is 2.09. The van der Waals surface area contributed by atoms with Crippen molar-refractivity contribution in [3.8, 4) is 0 Å². The number of ether oxygens (including phenoxy) is 1. The summed E-state index contributed by atoms with van der Waals surface area (Å²) in [5.74, 6) is 0.416. The molecule has 0 spiro atoms. The third-order valence-electron chi connectivity index (χ3n) is 4.16. The monoisotopic (exact) mass is 385 g/mol. The lowest BCUT2D eigenvalue weighted by atomic mass is 10.0. The van der Waals surface area contributed by atoms with Gasteiger partial charge in [0.15, 0.2) is 0 Å². The maximum atomic E-state index is 12.0. The van der Waals surface area contributed by atoms with E-state index in [4.69, 9.17) is 4.74 Å². The highest BCUT2D eigenvalue weighted by atomic mass is 32.2. The van der Waals surface area contributed by atoms with Crippen molar-refractivity contribution in [3.05, 3.63) is 64.7 Å². The molecule has 1 N–H and O–H groups in total. The quantitative estimate of drug-likeness (QED) is 0.661. The van der Waals surface area contributed by atoms with Crippen molar-refractivity contribution in [1.82, 2.24) is 0 Å². The number of amides is 1. The minimum atomic E-state index is -0.313. The van der Waals surface area contributed by atoms with Crippen LogP contribution >= 0.6 is 11.8 Å². The number of hydrogen-bond donors (Lipinski definition) is 1. The van der Waals surface area contributed by atoms with E-state index in [1.54, 1.807) is 0 Å². The summed E-state index contributed by atoms with van der Waals surface area (Å²) < 4.78 is 5.27. The fraction of sp³-hybridized carbons (Fsp3) is 0.364. The number of aryl methyl sites for hydroxylation is 2. The lowest BCUT2D eigenvalue weighted by molar-refractivity contribution is -0.141. The molecule has 2 aromatic carbocycles. The molecule has 0 aliphatic rings. The minimum Gasteiger partial charge on any atom is -0.460 e. The largest absolute Gasteiger partial charge is 0.460 e. The number of esters is 1. The van der Waals surface area contributed by atoms with Gasteiger partial charge in [-0.25, -0.2) is 0 Å². The predicted octanol–water partition coefficient (Wildman–Crippen LogP) is 4.84. The molecule has 0 saturated heterocycles. The van der Waals surface area contributed by atoms with Gasteiger partial charge in [-0.05, 0) is 42.5 Å². The Balaban J connectivity index is 1.68. The van der Waals surface area contributed by atoms with Crippen LogP contribution in [-0.4, -0.2) is 23.4 Å². The summed E-state index contributed by atoms with van der Waals surface area (Å²) in [5, 5.41) is 2.87. The first-order valence-corrected chi connectivity index (χ1v) is 10.2. The van der Waals surface area contributed by atoms with Crippen molar-refractivity contribution in [1.29, 1.82) is 0 Å². The van der Waals surface area contributed by atoms with Gasteiger partial charge in [0.05, 0.1) is 11.5 Å². The third kappa shape index (κ3) is 7.10. The maximum absolute atomic E-state index is 12.0. The normalized spacial score (nSPS) is 10.7. The molecule has 0 bridgehead atoms. The van der Waals surface area contributed by atoms with E-state index in [1.807, 2.05) is 44.2 Å². The Morgan fingerprint density at radius 2 is 1.74 bits per heavy atom. The molecular weight excluding hydrogens is 358 g/mol. The smallest absolute Gasteiger partial charge is 0.316 e. The fourth-order valence-electron chi connectivity index (χ4n) is 2.57. The molecule has 0 atom stereocenters. The number of hydrogen-bond acceptors (Lipinski definition) is 4. The average Bonchev–Trinajstić information content (AvgIpc) is 2.62. The van der Waals surface area contributed by atoms with Crippen LogP contribution in [-0.2, 0) is 20.9 Å². The number of benzene rings is 2. The van der Waals surface area contributed by atoms with Gasteiger partial charge in [0.25, 0.3) is 0 Å². The number of nitrogens with one attached hydrogen (secondary N) is 1. The van der Waals surface area contributed by atoms with Gasteiger partial charge >= 0.3 is 5.97 Å². The number of thioether (sulfide) groups is 1. The van der Waals surface area contributed by atoms with Crippen molar-refractivity contribution in [2.75, 3.05) is 16.8 Å². The maximum Gasteiger partial charge on any atom is 0.316 e. The standard InChI is InChI=1S/C22H27NO3S/c1-15(2)19-8-6-18(7-9-19)12-26-22(25)14-27-13-21(24)23-20-10-5-16(3)11-17(20)4/h5-11,15H,12-14H2,1-4H3,(H,23,24). The zero-order valence-electron chi connectivity index (χ0n) is 16.4. The summed E-state index contributed by atoms with van der Waals surface area (Å²) >= 11 is 1.25. The first-order valence-electron chi connectivity index (χ1n) is 9.04. The molecular formula is C22H27NO3S. The van der Waals surface area contributed by atoms with Gasteiger partial charge in [-0.1, -0.05) is 55.8 Å². The molecule has 2 aromatic rings. The van der Waals surface area contributed by atoms with E-state index in [-0.39, 0.29) is 30.0 Å². The molecule has 27 heavy (non-hydrogen) atoms. The van der Waals surface area contributed by atoms with E-state index < -0.39 is 0 Å². The summed E-state index contributed by atoms with van der Waals surface area (Å²) in [4.78, 5) is 23.9. The molecule has 5 heteroatoms. The fourth-order valence-corrected chi connectivity index (χ4v) is 3.18. The van der Waals surface area contributed by atoms with Gasteiger partial charge < -0.3 is 10.1 Å². The molecule has 144 valence electrons. The molecule has 0 saturated carbocycles. The van der Waals surface area contributed by atoms with E-state index >= 15 is 0 Å². The molecule has 0 heterocycles. The number of anilines is 1. The van der Waals surface area contributed by atoms with Gasteiger partial charge in [-0.15, -0.1) is 11.8 Å². The summed E-state index contributed by atoms with van der Waals surface area (Å²) in [7, 11) is 0. The van der Waals surface area contributed by atoms with Gasteiger partial charge in [0, 0.05) is 5.69 Å². The molecule has 4 nitrogen and oxygen atoms in total. The Hall–Kier alpha value is -2.27. The van der Waals surface area contributed by atoms with Gasteiger partial charge in [-0.2, -0.15) is 0 Å². The number of carbonyl (C=O) groups excluding carboxylic acids is 2. The lowest BCUT2D eigenvalue weighted by Gasteiger charge is -2.09. The Morgan fingerprint density at radius 1 is 1.04 bits per heavy atom. The molecule has 0 unspecified atom stereocenters. The lowest BCUT2D eigenvalue weighted by Crippen LogP contribution is -2.16.